The largest absolute Gasteiger partial charge is 0.507 e. The van der Waals surface area contributed by atoms with E-state index in [0.717, 1.165) is 18.2 Å². The van der Waals surface area contributed by atoms with Gasteiger partial charge in [0.25, 0.3) is 0 Å². The van der Waals surface area contributed by atoms with Crippen molar-refractivity contribution in [2.45, 2.75) is 61.4 Å². The third-order valence-corrected chi connectivity index (χ3v) is 7.35. The number of phenols is 1. The van der Waals surface area contributed by atoms with Crippen LogP contribution in [0.25, 0.3) is 22.3 Å². The summed E-state index contributed by atoms with van der Waals surface area (Å²) in [6, 6.07) is 7.13. The maximum Gasteiger partial charge on any atom is 0.335 e. The molecule has 9 N–H and O–H groups in total. The number of aliphatic carboxylic acids is 2. The van der Waals surface area contributed by atoms with E-state index < -0.39 is 84.5 Å². The van der Waals surface area contributed by atoms with Crippen molar-refractivity contribution in [1.82, 2.24) is 0 Å². The third kappa shape index (κ3) is 6.02. The first-order valence-corrected chi connectivity index (χ1v) is 13.4. The molecule has 18 heteroatoms. The maximum atomic E-state index is 13.0. The van der Waals surface area contributed by atoms with Gasteiger partial charge in [0.2, 0.25) is 12.6 Å². The number of carboxylic acids is 2. The van der Waals surface area contributed by atoms with Crippen molar-refractivity contribution in [2.24, 2.45) is 0 Å². The standard InChI is InChI=1S/C28H28O18/c1-41-14-4-8(2-3-12(14)44-28-22(36)18(32)20(34)24(46-28)26(39)40)13-7-11(30)16-10(29)5-9(6-15(16)43-13)42-27-21(35)17(31)19(33)23(45-27)25(37)38/h2-7,17-24,27-29,31-36H,1H3,(H,37,38)(H,39,40)/t17-,18?,19-,20-,21?,22?,23?,24-,27+,28+/m0/s1. The number of aromatic hydroxyl groups is 1. The van der Waals surface area contributed by atoms with Gasteiger partial charge in [-0.25, -0.2) is 9.59 Å². The van der Waals surface area contributed by atoms with Crippen LogP contribution in [0.1, 0.15) is 0 Å². The molecular formula is C28H28O18. The Balaban J connectivity index is 1.44. The zero-order valence-corrected chi connectivity index (χ0v) is 23.4. The molecule has 0 bridgehead atoms. The number of methoxy groups -OCH3 is 1. The molecule has 2 aliphatic heterocycles. The van der Waals surface area contributed by atoms with E-state index in [0.29, 0.717) is 0 Å². The number of carboxylic acid groups (broad SMARTS) is 2. The first-order valence-electron chi connectivity index (χ1n) is 13.4. The quantitative estimate of drug-likeness (QED) is 0.124. The van der Waals surface area contributed by atoms with Gasteiger partial charge >= 0.3 is 11.9 Å². The molecule has 5 rings (SSSR count). The Labute approximate surface area is 256 Å². The highest BCUT2D eigenvalue weighted by atomic mass is 16.7. The molecule has 0 aliphatic carbocycles. The summed E-state index contributed by atoms with van der Waals surface area (Å²) in [6.45, 7) is 0. The van der Waals surface area contributed by atoms with Crippen molar-refractivity contribution < 1.29 is 83.6 Å². The van der Waals surface area contributed by atoms with Gasteiger partial charge in [0.05, 0.1) is 7.11 Å². The summed E-state index contributed by atoms with van der Waals surface area (Å²) in [7, 11) is 1.24. The molecule has 18 nitrogen and oxygen atoms in total. The van der Waals surface area contributed by atoms with Crippen LogP contribution in [-0.4, -0.2) is 126 Å². The summed E-state index contributed by atoms with van der Waals surface area (Å²) in [4.78, 5) is 35.8. The normalized spacial score (nSPS) is 31.3. The number of hydrogen-bond donors (Lipinski definition) is 9. The molecule has 0 radical (unpaired) electrons. The Hall–Kier alpha value is -4.53. The topological polar surface area (TPSA) is 293 Å². The van der Waals surface area contributed by atoms with Crippen LogP contribution in [0.3, 0.4) is 0 Å². The molecular weight excluding hydrogens is 624 g/mol. The minimum atomic E-state index is -1.96. The van der Waals surface area contributed by atoms with E-state index in [1.807, 2.05) is 0 Å². The van der Waals surface area contributed by atoms with Crippen molar-refractivity contribution in [3.05, 3.63) is 46.6 Å². The van der Waals surface area contributed by atoms with Crippen LogP contribution >= 0.6 is 0 Å². The average molecular weight is 653 g/mol. The smallest absolute Gasteiger partial charge is 0.335 e. The van der Waals surface area contributed by atoms with E-state index >= 15 is 0 Å². The lowest BCUT2D eigenvalue weighted by Gasteiger charge is -2.38. The molecule has 4 unspecified atom stereocenters. The predicted molar refractivity (Wildman–Crippen MR) is 146 cm³/mol. The van der Waals surface area contributed by atoms with Crippen LogP contribution in [0.5, 0.6) is 23.0 Å². The Kier molecular flexibility index (Phi) is 9.07. The second-order valence-electron chi connectivity index (χ2n) is 10.4. The summed E-state index contributed by atoms with van der Waals surface area (Å²) >= 11 is 0. The number of phenolic OH excluding ortho intramolecular Hbond substituents is 1. The maximum absolute atomic E-state index is 13.0. The third-order valence-electron chi connectivity index (χ3n) is 7.35. The SMILES string of the molecule is COc1cc(-c2cc(=O)c3c(O)cc(O[C@@H]4OC(C(=O)O)[C@@H](O)[C@H](O)C4O)cc3o2)ccc1O[C@@H]1O[C@H](C(=O)O)[C@@H](O)C(O)C1O. The summed E-state index contributed by atoms with van der Waals surface area (Å²) in [5.41, 5.74) is -0.724. The molecule has 2 aliphatic rings. The monoisotopic (exact) mass is 652 g/mol. The number of benzene rings is 2. The fraction of sp³-hybridized carbons (Fsp3) is 0.393. The second kappa shape index (κ2) is 12.7. The van der Waals surface area contributed by atoms with Crippen LogP contribution in [0, 0.1) is 0 Å². The van der Waals surface area contributed by atoms with Crippen molar-refractivity contribution in [1.29, 1.82) is 0 Å². The van der Waals surface area contributed by atoms with Gasteiger partial charge < -0.3 is 74.1 Å². The minimum absolute atomic E-state index is 0.0272. The molecule has 1 aromatic heterocycles. The number of carbonyl (C=O) groups is 2. The molecule has 46 heavy (non-hydrogen) atoms. The molecule has 0 amide bonds. The van der Waals surface area contributed by atoms with Crippen LogP contribution < -0.4 is 19.6 Å². The number of aliphatic hydroxyl groups is 6. The molecule has 248 valence electrons. The van der Waals surface area contributed by atoms with Crippen molar-refractivity contribution in [3.63, 3.8) is 0 Å². The van der Waals surface area contributed by atoms with Crippen molar-refractivity contribution in [3.8, 4) is 34.3 Å². The summed E-state index contributed by atoms with van der Waals surface area (Å²) < 4.78 is 32.3. The van der Waals surface area contributed by atoms with Gasteiger partial charge in [-0.1, -0.05) is 0 Å². The number of hydrogen-bond acceptors (Lipinski definition) is 16. The van der Waals surface area contributed by atoms with Crippen LogP contribution in [0.15, 0.2) is 45.6 Å². The molecule has 0 spiro atoms. The van der Waals surface area contributed by atoms with E-state index in [1.165, 1.54) is 25.3 Å². The lowest BCUT2D eigenvalue weighted by atomic mass is 9.99. The van der Waals surface area contributed by atoms with Gasteiger partial charge in [-0.2, -0.15) is 0 Å². The molecule has 3 aromatic rings. The van der Waals surface area contributed by atoms with Crippen molar-refractivity contribution >= 4 is 22.9 Å². The number of fused-ring (bicyclic) bond motifs is 1. The Morgan fingerprint density at radius 3 is 1.83 bits per heavy atom. The number of aliphatic hydroxyl groups excluding tert-OH is 6. The molecule has 2 fully saturated rings. The molecule has 0 saturated carbocycles. The summed E-state index contributed by atoms with van der Waals surface area (Å²) in [5.74, 6) is -4.34. The zero-order chi connectivity index (χ0) is 33.6. The number of ether oxygens (including phenoxy) is 5. The Morgan fingerprint density at radius 1 is 0.717 bits per heavy atom. The molecule has 3 heterocycles. The van der Waals surface area contributed by atoms with Gasteiger partial charge in [-0.3, -0.25) is 4.79 Å². The van der Waals surface area contributed by atoms with Crippen LogP contribution in [0.2, 0.25) is 0 Å². The minimum Gasteiger partial charge on any atom is -0.507 e. The highest BCUT2D eigenvalue weighted by Gasteiger charge is 2.49. The van der Waals surface area contributed by atoms with Crippen LogP contribution in [-0.2, 0) is 19.1 Å². The fourth-order valence-corrected chi connectivity index (χ4v) is 4.93. The first kappa shape index (κ1) is 32.9. The predicted octanol–water partition coefficient (Wildman–Crippen LogP) is -2.28. The van der Waals surface area contributed by atoms with E-state index in [1.54, 1.807) is 0 Å². The van der Waals surface area contributed by atoms with E-state index in [-0.39, 0.29) is 39.5 Å². The van der Waals surface area contributed by atoms with E-state index in [2.05, 4.69) is 0 Å². The molecule has 2 saturated heterocycles. The lowest BCUT2D eigenvalue weighted by Crippen LogP contribution is -2.61. The Morgan fingerprint density at radius 2 is 1.28 bits per heavy atom. The van der Waals surface area contributed by atoms with Gasteiger partial charge in [0, 0.05) is 23.8 Å². The highest BCUT2D eigenvalue weighted by molar-refractivity contribution is 5.86. The zero-order valence-electron chi connectivity index (χ0n) is 23.4. The summed E-state index contributed by atoms with van der Waals surface area (Å²) in [5, 5.41) is 89.2. The fourth-order valence-electron chi connectivity index (χ4n) is 4.93. The van der Waals surface area contributed by atoms with Gasteiger partial charge in [-0.15, -0.1) is 0 Å². The summed E-state index contributed by atoms with van der Waals surface area (Å²) in [6.07, 6.45) is -18.9. The van der Waals surface area contributed by atoms with Gasteiger partial charge in [-0.05, 0) is 18.2 Å². The number of rotatable bonds is 8. The first-order chi connectivity index (χ1) is 21.7. The molecule has 10 atom stereocenters. The lowest BCUT2D eigenvalue weighted by molar-refractivity contribution is -0.271. The van der Waals surface area contributed by atoms with E-state index in [4.69, 9.17) is 28.1 Å². The Bertz CT molecular complexity index is 1690. The van der Waals surface area contributed by atoms with E-state index in [9.17, 15) is 60.3 Å². The second-order valence-corrected chi connectivity index (χ2v) is 10.4. The van der Waals surface area contributed by atoms with Crippen molar-refractivity contribution in [2.75, 3.05) is 7.11 Å². The van der Waals surface area contributed by atoms with Crippen LogP contribution in [0.4, 0.5) is 0 Å². The van der Waals surface area contributed by atoms with Gasteiger partial charge in [0.1, 0.15) is 64.9 Å². The average Bonchev–Trinajstić information content (AvgIpc) is 3.00. The van der Waals surface area contributed by atoms with Gasteiger partial charge in [0.15, 0.2) is 29.1 Å². The highest BCUT2D eigenvalue weighted by Crippen LogP contribution is 2.37. The molecule has 2 aromatic carbocycles.